The number of benzene rings is 2. The third-order valence-electron chi connectivity index (χ3n) is 11.9. The van der Waals surface area contributed by atoms with E-state index in [1.807, 2.05) is 0 Å². The van der Waals surface area contributed by atoms with Gasteiger partial charge in [-0.3, -0.25) is 19.5 Å². The highest BCUT2D eigenvalue weighted by molar-refractivity contribution is 8.01. The summed E-state index contributed by atoms with van der Waals surface area (Å²) in [4.78, 5) is 36.5. The molecule has 0 saturated heterocycles. The molecule has 4 aromatic rings. The first kappa shape index (κ1) is 39.6. The summed E-state index contributed by atoms with van der Waals surface area (Å²) >= 11 is 2.04. The van der Waals surface area contributed by atoms with Crippen molar-refractivity contribution in [2.45, 2.75) is 125 Å². The molecule has 4 aliphatic rings. The highest BCUT2D eigenvalue weighted by Gasteiger charge is 2.38. The predicted octanol–water partition coefficient (Wildman–Crippen LogP) is 4.15. The third-order valence-corrected chi connectivity index (χ3v) is 18.5. The number of amides is 2. The second-order valence-corrected chi connectivity index (χ2v) is 23.3. The van der Waals surface area contributed by atoms with Gasteiger partial charge in [0.1, 0.15) is 0 Å². The van der Waals surface area contributed by atoms with Crippen molar-refractivity contribution in [3.63, 3.8) is 0 Å². The second-order valence-electron chi connectivity index (χ2n) is 17.0. The summed E-state index contributed by atoms with van der Waals surface area (Å²) in [6.07, 6.45) is 12.2. The van der Waals surface area contributed by atoms with Crippen LogP contribution in [0, 0.1) is 11.8 Å². The van der Waals surface area contributed by atoms with Gasteiger partial charge in [-0.2, -0.15) is 0 Å². The number of carbonyl (C=O) groups is 2. The number of carbonyl (C=O) groups excluding carboxylic acids is 2. The number of thiol groups is 1. The van der Waals surface area contributed by atoms with Gasteiger partial charge in [-0.05, 0) is 159 Å². The van der Waals surface area contributed by atoms with E-state index in [4.69, 9.17) is 10.3 Å². The molecule has 2 aromatic carbocycles. The summed E-state index contributed by atoms with van der Waals surface area (Å²) in [5.41, 5.74) is 9.67. The van der Waals surface area contributed by atoms with Crippen LogP contribution in [-0.2, 0) is 105 Å². The number of fused-ring (bicyclic) bond motifs is 4. The fourth-order valence-electron chi connectivity index (χ4n) is 9.27. The molecular formula is C40H50N6O6S4. The van der Waals surface area contributed by atoms with Crippen molar-refractivity contribution in [3.8, 4) is 0 Å². The van der Waals surface area contributed by atoms with Crippen LogP contribution in [-0.4, -0.2) is 40.4 Å². The Morgan fingerprint density at radius 3 is 1.86 bits per heavy atom. The van der Waals surface area contributed by atoms with Gasteiger partial charge in [0.15, 0.2) is 14.3 Å². The molecule has 0 bridgehead atoms. The van der Waals surface area contributed by atoms with Crippen LogP contribution in [0.3, 0.4) is 0 Å². The predicted molar refractivity (Wildman–Crippen MR) is 219 cm³/mol. The Morgan fingerprint density at radius 2 is 1.34 bits per heavy atom. The van der Waals surface area contributed by atoms with Gasteiger partial charge in [0.2, 0.25) is 10.2 Å². The number of aryl methyl sites for hydroxylation is 2. The third kappa shape index (κ3) is 7.59. The second kappa shape index (κ2) is 14.3. The van der Waals surface area contributed by atoms with Crippen molar-refractivity contribution < 1.29 is 28.2 Å². The molecule has 0 aliphatic heterocycles. The minimum atomic E-state index is -3.81. The molecular weight excluding hydrogens is 789 g/mol. The van der Waals surface area contributed by atoms with E-state index < -0.39 is 43.2 Å². The molecule has 7 N–H and O–H groups in total. The first-order valence-electron chi connectivity index (χ1n) is 19.2. The molecule has 3 atom stereocenters. The highest BCUT2D eigenvalue weighted by Crippen LogP contribution is 2.45. The van der Waals surface area contributed by atoms with Gasteiger partial charge < -0.3 is 10.2 Å². The van der Waals surface area contributed by atoms with Crippen LogP contribution in [0.15, 0.2) is 37.6 Å². The van der Waals surface area contributed by atoms with Gasteiger partial charge in [-0.1, -0.05) is 12.1 Å². The van der Waals surface area contributed by atoms with Crippen molar-refractivity contribution in [1.29, 1.82) is 0 Å². The zero-order chi connectivity index (χ0) is 39.9. The van der Waals surface area contributed by atoms with Crippen LogP contribution < -0.4 is 15.0 Å². The molecule has 56 heavy (non-hydrogen) atoms. The first-order valence-corrected chi connectivity index (χ1v) is 24.2. The van der Waals surface area contributed by atoms with Crippen molar-refractivity contribution in [1.82, 2.24) is 14.7 Å². The number of rotatable bonds is 10. The Labute approximate surface area is 336 Å². The van der Waals surface area contributed by atoms with Gasteiger partial charge >= 0.3 is 0 Å². The molecule has 2 amide bonds. The lowest BCUT2D eigenvalue weighted by Gasteiger charge is -2.20. The van der Waals surface area contributed by atoms with E-state index in [0.29, 0.717) is 21.6 Å². The maximum absolute atomic E-state index is 13.6. The lowest BCUT2D eigenvalue weighted by molar-refractivity contribution is -0.119. The molecule has 12 nitrogen and oxygen atoms in total. The summed E-state index contributed by atoms with van der Waals surface area (Å²) in [5, 5.41) is 33.0. The van der Waals surface area contributed by atoms with Crippen LogP contribution in [0.4, 0.5) is 0 Å². The molecule has 300 valence electrons. The van der Waals surface area contributed by atoms with Crippen molar-refractivity contribution in [2.24, 2.45) is 26.5 Å². The van der Waals surface area contributed by atoms with Crippen LogP contribution in [0.2, 0.25) is 0 Å². The Morgan fingerprint density at radius 1 is 0.821 bits per heavy atom. The Hall–Kier alpha value is -3.22. The minimum absolute atomic E-state index is 0.0208. The van der Waals surface area contributed by atoms with Gasteiger partial charge in [-0.25, -0.2) is 23.5 Å². The van der Waals surface area contributed by atoms with Crippen LogP contribution >= 0.6 is 22.7 Å². The number of hydrogen-bond donors (Lipinski definition) is 6. The fourth-order valence-corrected chi connectivity index (χ4v) is 13.8. The Balaban J connectivity index is 1.01. The van der Waals surface area contributed by atoms with Gasteiger partial charge in [0.25, 0.3) is 5.91 Å². The van der Waals surface area contributed by atoms with Crippen molar-refractivity contribution >= 4 is 54.7 Å². The summed E-state index contributed by atoms with van der Waals surface area (Å²) in [6, 6.07) is 4.69. The number of aromatic nitrogens is 2. The number of aliphatic hydroxyl groups is 2. The molecule has 4 aliphatic carbocycles. The largest absolute Gasteiger partial charge is 0.385 e. The molecule has 0 radical (unpaired) electrons. The van der Waals surface area contributed by atoms with Crippen molar-refractivity contribution in [2.75, 3.05) is 0 Å². The normalized spacial score (nSPS) is 20.3. The lowest BCUT2D eigenvalue weighted by atomic mass is 9.86. The topological polar surface area (TPSA) is 211 Å². The van der Waals surface area contributed by atoms with E-state index in [0.717, 1.165) is 98.0 Å². The monoisotopic (exact) mass is 838 g/mol. The first-order chi connectivity index (χ1) is 26.3. The number of thiazole rings is 2. The number of nitrogens with two attached hydrogens (primary N) is 2. The van der Waals surface area contributed by atoms with Gasteiger partial charge in [0, 0.05) is 12.4 Å². The molecule has 8 rings (SSSR count). The van der Waals surface area contributed by atoms with Crippen LogP contribution in [0.25, 0.3) is 0 Å². The summed E-state index contributed by atoms with van der Waals surface area (Å²) < 4.78 is 33.8. The maximum atomic E-state index is 13.6. The summed E-state index contributed by atoms with van der Waals surface area (Å²) in [6.45, 7) is 6.44. The van der Waals surface area contributed by atoms with Crippen LogP contribution in [0.1, 0.15) is 106 Å². The molecule has 16 heteroatoms. The van der Waals surface area contributed by atoms with E-state index in [9.17, 15) is 28.2 Å². The minimum Gasteiger partial charge on any atom is -0.385 e. The molecule has 3 unspecified atom stereocenters. The average Bonchev–Trinajstić information content (AvgIpc) is 3.93. The Bertz CT molecular complexity index is 2470. The molecule has 0 spiro atoms. The van der Waals surface area contributed by atoms with Gasteiger partial charge in [-0.15, -0.1) is 27.0 Å². The van der Waals surface area contributed by atoms with E-state index in [1.54, 1.807) is 27.7 Å². The van der Waals surface area contributed by atoms with Gasteiger partial charge in [0.05, 0.1) is 44.1 Å². The van der Waals surface area contributed by atoms with Crippen LogP contribution in [0.5, 0.6) is 0 Å². The van der Waals surface area contributed by atoms with E-state index in [2.05, 4.69) is 31.2 Å². The smallest absolute Gasteiger partial charge is 0.259 e. The average molecular weight is 839 g/mol. The number of nitrogens with one attached hydrogen (secondary N) is 1. The van der Waals surface area contributed by atoms with E-state index in [1.165, 1.54) is 56.9 Å². The fraction of sp³-hybridized carbons (Fsp3) is 0.500. The Kier molecular flexibility index (Phi) is 10.1. The molecule has 2 heterocycles. The quantitative estimate of drug-likeness (QED) is 0.128. The van der Waals surface area contributed by atoms with E-state index >= 15 is 0 Å². The van der Waals surface area contributed by atoms with E-state index in [-0.39, 0.29) is 21.5 Å². The molecule has 0 saturated carbocycles. The number of nitrogens with zero attached hydrogens (tertiary/aromatic N) is 3. The highest BCUT2D eigenvalue weighted by atomic mass is 32.3. The summed E-state index contributed by atoms with van der Waals surface area (Å²) in [7, 11) is -7.40. The molecule has 0 fully saturated rings. The zero-order valence-corrected chi connectivity index (χ0v) is 35.5. The maximum Gasteiger partial charge on any atom is 0.259 e. The summed E-state index contributed by atoms with van der Waals surface area (Å²) in [5.74, 6) is -0.253. The SMILES string of the molecule is CC(C)(O)c1cnc(S(N)(=O)=NC(=O)Cc2c3c(cc4c2CC(C2Cc5cc6c(c(CC(=O)N[SH](N)(=O)c7ncc(C(C)(C)O)s7)c5C2)CCC6)C4)CCC3)s1. The van der Waals surface area contributed by atoms with Crippen molar-refractivity contribution in [3.05, 3.63) is 89.9 Å². The molecule has 2 aromatic heterocycles. The number of hydrogen-bond acceptors (Lipinski definition) is 10. The zero-order valence-electron chi connectivity index (χ0n) is 32.1. The standard InChI is InChI=1S/C40H50N6O6S4/c1-39(2,49)33-19-43-37(53-33)55(41,51)45-35(47)17-31-27-9-5-7-21(27)11-25-13-23(15-29(25)31)24-14-26-12-22-8-6-10-28(22)32(30(26)16-24)18-36(48)46-56(42,52)38-44-20-34(54-38)40(3,4)50/h11-12,19-20,23-24,49-50,55H,5-10,13-18H2,1-4H3,(H3,41,45,47,51)(H2,42,46,48,52). The lowest BCUT2D eigenvalue weighted by Crippen LogP contribution is -2.43.